The molecule has 10 nitrogen and oxygen atoms in total. The lowest BCUT2D eigenvalue weighted by atomic mass is 9.99. The molecule has 0 aromatic heterocycles. The van der Waals surface area contributed by atoms with Gasteiger partial charge in [-0.15, -0.1) is 0 Å². The lowest BCUT2D eigenvalue weighted by Crippen LogP contribution is -2.59. The molecule has 1 fully saturated rings. The number of esters is 2. The molecule has 0 amide bonds. The Morgan fingerprint density at radius 3 is 1.08 bits per heavy atom. The average molecular weight is 899 g/mol. The molecule has 0 saturated carbocycles. The monoisotopic (exact) mass is 899 g/mol. The fraction of sp³-hybridized carbons (Fsp3) is 0.962. The van der Waals surface area contributed by atoms with E-state index in [0.717, 1.165) is 32.1 Å². The molecule has 10 heteroatoms. The second-order valence-corrected chi connectivity index (χ2v) is 19.1. The van der Waals surface area contributed by atoms with Crippen LogP contribution in [0.2, 0.25) is 0 Å². The van der Waals surface area contributed by atoms with Crippen molar-refractivity contribution in [3.63, 3.8) is 0 Å². The maximum Gasteiger partial charge on any atom is 0.306 e. The topological polar surface area (TPSA) is 152 Å². The van der Waals surface area contributed by atoms with Gasteiger partial charge in [-0.05, 0) is 12.8 Å². The molecule has 1 saturated heterocycles. The maximum atomic E-state index is 12.8. The van der Waals surface area contributed by atoms with Crippen molar-refractivity contribution in [2.24, 2.45) is 0 Å². The summed E-state index contributed by atoms with van der Waals surface area (Å²) >= 11 is 0. The van der Waals surface area contributed by atoms with E-state index in [1.807, 2.05) is 0 Å². The van der Waals surface area contributed by atoms with E-state index in [2.05, 4.69) is 13.8 Å². The molecule has 0 bridgehead atoms. The van der Waals surface area contributed by atoms with Crippen LogP contribution in [0.25, 0.3) is 0 Å². The number of ether oxygens (including phenoxy) is 4. The quantitative estimate of drug-likeness (QED) is 0.0343. The first-order valence-corrected chi connectivity index (χ1v) is 27.1. The lowest BCUT2D eigenvalue weighted by Gasteiger charge is -2.39. The van der Waals surface area contributed by atoms with Gasteiger partial charge in [0.1, 0.15) is 31.0 Å². The number of hydrogen-bond donors (Lipinski definition) is 4. The first-order chi connectivity index (χ1) is 30.8. The van der Waals surface area contributed by atoms with E-state index in [1.165, 1.54) is 205 Å². The van der Waals surface area contributed by atoms with Crippen LogP contribution in [0, 0.1) is 0 Å². The SMILES string of the molecule is CCCCCCCCCCCCCCCCCCCCCCC(=O)O[C@H](COC(=O)CCCCCCCCCCCCCCCCCCCC)CO[C@@H]1O[C@H](CO)[C@H](O)C(O)C1O. The Hall–Kier alpha value is -1.30. The van der Waals surface area contributed by atoms with Crippen LogP contribution in [-0.2, 0) is 28.5 Å². The van der Waals surface area contributed by atoms with E-state index in [-0.39, 0.29) is 32.0 Å². The predicted molar refractivity (Wildman–Crippen MR) is 257 cm³/mol. The number of rotatable bonds is 47. The standard InChI is InChI=1S/C53H102O10/c1-3-5-7-9-11-13-15-17-19-21-23-24-26-28-30-32-34-36-38-40-42-49(56)62-46(45-61-53-52(59)51(58)50(57)47(43-54)63-53)44-60-48(55)41-39-37-35-33-31-29-27-25-22-20-18-16-14-12-10-8-6-4-2/h46-47,50-54,57-59H,3-45H2,1-2H3/t46-,47-,50+,51?,52?,53-/m1/s1. The number of carbonyl (C=O) groups excluding carboxylic acids is 2. The maximum absolute atomic E-state index is 12.8. The zero-order valence-corrected chi connectivity index (χ0v) is 41.1. The minimum absolute atomic E-state index is 0.208. The van der Waals surface area contributed by atoms with E-state index in [4.69, 9.17) is 18.9 Å². The van der Waals surface area contributed by atoms with Crippen LogP contribution in [0.3, 0.4) is 0 Å². The van der Waals surface area contributed by atoms with Crippen LogP contribution in [0.15, 0.2) is 0 Å². The molecule has 0 aromatic carbocycles. The Bertz CT molecular complexity index is 995. The highest BCUT2D eigenvalue weighted by Crippen LogP contribution is 2.23. The number of carbonyl (C=O) groups is 2. The minimum Gasteiger partial charge on any atom is -0.462 e. The van der Waals surface area contributed by atoms with Crippen LogP contribution < -0.4 is 0 Å². The molecule has 4 N–H and O–H groups in total. The van der Waals surface area contributed by atoms with Gasteiger partial charge in [-0.1, -0.05) is 245 Å². The van der Waals surface area contributed by atoms with Crippen molar-refractivity contribution in [2.45, 2.75) is 307 Å². The fourth-order valence-corrected chi connectivity index (χ4v) is 8.72. The average Bonchev–Trinajstić information content (AvgIpc) is 3.28. The Morgan fingerprint density at radius 2 is 0.746 bits per heavy atom. The van der Waals surface area contributed by atoms with Crippen LogP contribution in [-0.4, -0.2) is 89.0 Å². The van der Waals surface area contributed by atoms with Crippen molar-refractivity contribution in [1.82, 2.24) is 0 Å². The van der Waals surface area contributed by atoms with Crippen molar-refractivity contribution in [1.29, 1.82) is 0 Å². The van der Waals surface area contributed by atoms with E-state index in [9.17, 15) is 30.0 Å². The molecule has 1 heterocycles. The molecule has 0 radical (unpaired) electrons. The Morgan fingerprint density at radius 1 is 0.429 bits per heavy atom. The first kappa shape index (κ1) is 59.7. The van der Waals surface area contributed by atoms with Crippen molar-refractivity contribution < 1.29 is 49.0 Å². The third kappa shape index (κ3) is 35.6. The number of aliphatic hydroxyl groups excluding tert-OH is 4. The van der Waals surface area contributed by atoms with Gasteiger partial charge < -0.3 is 39.4 Å². The summed E-state index contributed by atoms with van der Waals surface area (Å²) in [5.41, 5.74) is 0. The summed E-state index contributed by atoms with van der Waals surface area (Å²) < 4.78 is 22.3. The van der Waals surface area contributed by atoms with E-state index < -0.39 is 49.4 Å². The molecular formula is C53H102O10. The molecule has 0 spiro atoms. The van der Waals surface area contributed by atoms with Crippen molar-refractivity contribution in [3.8, 4) is 0 Å². The molecule has 63 heavy (non-hydrogen) atoms. The Kier molecular flexibility index (Phi) is 42.2. The number of aliphatic hydroxyl groups is 4. The molecule has 1 aliphatic rings. The lowest BCUT2D eigenvalue weighted by molar-refractivity contribution is -0.305. The molecule has 1 rings (SSSR count). The highest BCUT2D eigenvalue weighted by molar-refractivity contribution is 5.70. The zero-order chi connectivity index (χ0) is 45.9. The third-order valence-electron chi connectivity index (χ3n) is 13.0. The van der Waals surface area contributed by atoms with Crippen LogP contribution >= 0.6 is 0 Å². The van der Waals surface area contributed by atoms with E-state index in [0.29, 0.717) is 6.42 Å². The van der Waals surface area contributed by atoms with Crippen molar-refractivity contribution >= 4 is 11.9 Å². The van der Waals surface area contributed by atoms with Gasteiger partial charge in [-0.25, -0.2) is 0 Å². The minimum atomic E-state index is -1.59. The second-order valence-electron chi connectivity index (χ2n) is 19.1. The highest BCUT2D eigenvalue weighted by atomic mass is 16.7. The third-order valence-corrected chi connectivity index (χ3v) is 13.0. The molecule has 2 unspecified atom stereocenters. The number of unbranched alkanes of at least 4 members (excludes halogenated alkanes) is 36. The van der Waals surface area contributed by atoms with Crippen LogP contribution in [0.4, 0.5) is 0 Å². The van der Waals surface area contributed by atoms with Gasteiger partial charge >= 0.3 is 11.9 Å². The van der Waals surface area contributed by atoms with Gasteiger partial charge in [0.05, 0.1) is 13.2 Å². The molecule has 1 aliphatic heterocycles. The van der Waals surface area contributed by atoms with Gasteiger partial charge in [0.25, 0.3) is 0 Å². The normalized spacial score (nSPS) is 19.4. The van der Waals surface area contributed by atoms with Crippen molar-refractivity contribution in [3.05, 3.63) is 0 Å². The summed E-state index contributed by atoms with van der Waals surface area (Å²) in [5.74, 6) is -0.783. The van der Waals surface area contributed by atoms with Crippen LogP contribution in [0.1, 0.15) is 271 Å². The molecular weight excluding hydrogens is 797 g/mol. The fourth-order valence-electron chi connectivity index (χ4n) is 8.72. The van der Waals surface area contributed by atoms with Gasteiger partial charge in [-0.2, -0.15) is 0 Å². The molecule has 0 aromatic rings. The Balaban J connectivity index is 2.21. The van der Waals surface area contributed by atoms with Gasteiger partial charge in [-0.3, -0.25) is 9.59 Å². The van der Waals surface area contributed by atoms with Gasteiger partial charge in [0.2, 0.25) is 0 Å². The highest BCUT2D eigenvalue weighted by Gasteiger charge is 2.44. The van der Waals surface area contributed by atoms with Gasteiger partial charge in [0, 0.05) is 12.8 Å². The van der Waals surface area contributed by atoms with Crippen LogP contribution in [0.5, 0.6) is 0 Å². The van der Waals surface area contributed by atoms with Gasteiger partial charge in [0.15, 0.2) is 12.4 Å². The largest absolute Gasteiger partial charge is 0.462 e. The number of hydrogen-bond acceptors (Lipinski definition) is 10. The smallest absolute Gasteiger partial charge is 0.306 e. The summed E-state index contributed by atoms with van der Waals surface area (Å²) in [6, 6.07) is 0. The molecule has 0 aliphatic carbocycles. The summed E-state index contributed by atoms with van der Waals surface area (Å²) in [6.45, 7) is 3.49. The molecule has 6 atom stereocenters. The Labute approximate surface area is 387 Å². The predicted octanol–water partition coefficient (Wildman–Crippen LogP) is 12.9. The van der Waals surface area contributed by atoms with E-state index in [1.54, 1.807) is 0 Å². The zero-order valence-electron chi connectivity index (χ0n) is 41.1. The summed E-state index contributed by atoms with van der Waals surface area (Å²) in [7, 11) is 0. The molecule has 374 valence electrons. The van der Waals surface area contributed by atoms with E-state index >= 15 is 0 Å². The second kappa shape index (κ2) is 44.5. The summed E-state index contributed by atoms with van der Waals surface area (Å²) in [4.78, 5) is 25.5. The first-order valence-electron chi connectivity index (χ1n) is 27.1. The van der Waals surface area contributed by atoms with Crippen molar-refractivity contribution in [2.75, 3.05) is 19.8 Å². The summed E-state index contributed by atoms with van der Waals surface area (Å²) in [6.07, 6.45) is 41.1. The summed E-state index contributed by atoms with van der Waals surface area (Å²) in [5, 5.41) is 40.2.